The van der Waals surface area contributed by atoms with Gasteiger partial charge in [0.25, 0.3) is 0 Å². The Morgan fingerprint density at radius 3 is 2.68 bits per heavy atom. The summed E-state index contributed by atoms with van der Waals surface area (Å²) in [6, 6.07) is 7.51. The third kappa shape index (κ3) is 3.96. The minimum Gasteiger partial charge on any atom is -0.466 e. The molecule has 0 heterocycles. The Labute approximate surface area is 134 Å². The van der Waals surface area contributed by atoms with E-state index in [1.807, 2.05) is 31.2 Å². The molecule has 0 spiro atoms. The van der Waals surface area contributed by atoms with Crippen molar-refractivity contribution < 1.29 is 18.8 Å². The Morgan fingerprint density at radius 2 is 2.05 bits per heavy atom. The van der Waals surface area contributed by atoms with Gasteiger partial charge < -0.3 is 9.84 Å². The van der Waals surface area contributed by atoms with Crippen molar-refractivity contribution in [2.24, 2.45) is 0 Å². The molecule has 0 unspecified atom stereocenters. The number of carbonyl (C=O) groups is 1. The molecule has 0 saturated heterocycles. The average molecular weight is 324 g/mol. The van der Waals surface area contributed by atoms with Crippen LogP contribution in [0.5, 0.6) is 0 Å². The van der Waals surface area contributed by atoms with E-state index in [2.05, 4.69) is 0 Å². The lowest BCUT2D eigenvalue weighted by Gasteiger charge is -2.38. The van der Waals surface area contributed by atoms with Crippen molar-refractivity contribution in [2.45, 2.75) is 61.7 Å². The first-order valence-electron chi connectivity index (χ1n) is 7.81. The summed E-state index contributed by atoms with van der Waals surface area (Å²) in [7, 11) is -1.33. The van der Waals surface area contributed by atoms with E-state index in [0.29, 0.717) is 24.3 Å². The molecule has 0 aromatic heterocycles. The number of aliphatic hydroxyl groups is 1. The zero-order valence-electron chi connectivity index (χ0n) is 13.2. The van der Waals surface area contributed by atoms with E-state index in [0.717, 1.165) is 18.4 Å². The molecule has 1 saturated carbocycles. The third-order valence-corrected chi connectivity index (χ3v) is 6.12. The number of benzene rings is 1. The van der Waals surface area contributed by atoms with Gasteiger partial charge in [-0.2, -0.15) is 0 Å². The van der Waals surface area contributed by atoms with Crippen LogP contribution in [-0.4, -0.2) is 32.7 Å². The van der Waals surface area contributed by atoms with Gasteiger partial charge in [0.2, 0.25) is 0 Å². The van der Waals surface area contributed by atoms with Gasteiger partial charge in [0.15, 0.2) is 0 Å². The minimum atomic E-state index is -1.33. The van der Waals surface area contributed by atoms with Crippen LogP contribution in [0.4, 0.5) is 0 Å². The molecule has 0 aliphatic heterocycles. The highest BCUT2D eigenvalue weighted by atomic mass is 32.2. The summed E-state index contributed by atoms with van der Waals surface area (Å²) in [5.41, 5.74) is -0.133. The predicted molar refractivity (Wildman–Crippen MR) is 86.0 cm³/mol. The van der Waals surface area contributed by atoms with E-state index in [1.165, 1.54) is 0 Å². The van der Waals surface area contributed by atoms with Crippen LogP contribution in [0.1, 0.15) is 44.6 Å². The molecular formula is C17H24O4S. The van der Waals surface area contributed by atoms with Gasteiger partial charge in [0.05, 0.1) is 34.7 Å². The van der Waals surface area contributed by atoms with E-state index in [-0.39, 0.29) is 6.42 Å². The summed E-state index contributed by atoms with van der Waals surface area (Å²) in [6.07, 6.45) is 2.85. The second-order valence-corrected chi connectivity index (χ2v) is 7.57. The fourth-order valence-corrected chi connectivity index (χ4v) is 4.71. The maximum Gasteiger partial charge on any atom is 0.308 e. The van der Waals surface area contributed by atoms with Crippen molar-refractivity contribution in [3.05, 3.63) is 29.8 Å². The zero-order valence-corrected chi connectivity index (χ0v) is 14.0. The molecule has 1 aromatic carbocycles. The van der Waals surface area contributed by atoms with Crippen LogP contribution in [0.2, 0.25) is 0 Å². The lowest BCUT2D eigenvalue weighted by molar-refractivity contribution is -0.149. The molecule has 3 atom stereocenters. The molecule has 1 aromatic rings. The van der Waals surface area contributed by atoms with Gasteiger partial charge >= 0.3 is 5.97 Å². The monoisotopic (exact) mass is 324 g/mol. The number of hydrogen-bond donors (Lipinski definition) is 1. The van der Waals surface area contributed by atoms with Crippen LogP contribution in [0, 0.1) is 6.92 Å². The van der Waals surface area contributed by atoms with Crippen molar-refractivity contribution in [2.75, 3.05) is 6.61 Å². The van der Waals surface area contributed by atoms with Crippen LogP contribution in [0.15, 0.2) is 29.2 Å². The molecule has 1 N–H and O–H groups in total. The Balaban J connectivity index is 2.19. The number of aryl methyl sites for hydroxylation is 1. The average Bonchev–Trinajstić information content (AvgIpc) is 2.47. The van der Waals surface area contributed by atoms with Gasteiger partial charge in [0.1, 0.15) is 0 Å². The summed E-state index contributed by atoms with van der Waals surface area (Å²) >= 11 is 0. The maximum absolute atomic E-state index is 12.9. The molecule has 4 nitrogen and oxygen atoms in total. The molecule has 5 heteroatoms. The Morgan fingerprint density at radius 1 is 1.36 bits per heavy atom. The minimum absolute atomic E-state index is 0.0802. The van der Waals surface area contributed by atoms with Crippen LogP contribution >= 0.6 is 0 Å². The number of esters is 1. The van der Waals surface area contributed by atoms with E-state index < -0.39 is 27.6 Å². The fourth-order valence-electron chi connectivity index (χ4n) is 3.00. The van der Waals surface area contributed by atoms with Gasteiger partial charge in [-0.1, -0.05) is 30.5 Å². The molecule has 1 aliphatic rings. The van der Waals surface area contributed by atoms with Gasteiger partial charge in [-0.05, 0) is 38.8 Å². The second kappa shape index (κ2) is 7.38. The number of ether oxygens (including phenoxy) is 1. The summed E-state index contributed by atoms with van der Waals surface area (Å²) < 4.78 is 17.8. The van der Waals surface area contributed by atoms with E-state index >= 15 is 0 Å². The lowest BCUT2D eigenvalue weighted by Crippen LogP contribution is -2.48. The van der Waals surface area contributed by atoms with Gasteiger partial charge in [0, 0.05) is 4.90 Å². The molecule has 0 amide bonds. The van der Waals surface area contributed by atoms with E-state index in [9.17, 15) is 14.1 Å². The zero-order chi connectivity index (χ0) is 16.2. The van der Waals surface area contributed by atoms with Crippen molar-refractivity contribution in [1.29, 1.82) is 0 Å². The van der Waals surface area contributed by atoms with Gasteiger partial charge in [-0.15, -0.1) is 0 Å². The van der Waals surface area contributed by atoms with Gasteiger partial charge in [-0.25, -0.2) is 0 Å². The molecule has 1 fully saturated rings. The molecule has 0 bridgehead atoms. The van der Waals surface area contributed by atoms with Crippen LogP contribution < -0.4 is 0 Å². The molecular weight excluding hydrogens is 300 g/mol. The molecule has 1 aliphatic carbocycles. The largest absolute Gasteiger partial charge is 0.466 e. The summed E-state index contributed by atoms with van der Waals surface area (Å²) in [5.74, 6) is -0.419. The first-order chi connectivity index (χ1) is 10.5. The van der Waals surface area contributed by atoms with Crippen LogP contribution in [-0.2, 0) is 20.3 Å². The Kier molecular flexibility index (Phi) is 5.75. The second-order valence-electron chi connectivity index (χ2n) is 5.93. The Hall–Kier alpha value is -1.20. The lowest BCUT2D eigenvalue weighted by atomic mass is 9.82. The van der Waals surface area contributed by atoms with Crippen molar-refractivity contribution in [3.63, 3.8) is 0 Å². The van der Waals surface area contributed by atoms with Crippen molar-refractivity contribution in [3.8, 4) is 0 Å². The predicted octanol–water partition coefficient (Wildman–Crippen LogP) is 2.73. The third-order valence-electron chi connectivity index (χ3n) is 4.19. The SMILES string of the molecule is CCOC(=O)C[C@@]1(O)CCCC[C@@H]1[S@@](=O)c1ccc(C)cc1. The number of rotatable bonds is 5. The Bertz CT molecular complexity index is 540. The topological polar surface area (TPSA) is 63.6 Å². The fraction of sp³-hybridized carbons (Fsp3) is 0.588. The van der Waals surface area contributed by atoms with Gasteiger partial charge in [-0.3, -0.25) is 9.00 Å². The van der Waals surface area contributed by atoms with Crippen LogP contribution in [0.25, 0.3) is 0 Å². The smallest absolute Gasteiger partial charge is 0.308 e. The first kappa shape index (κ1) is 17.2. The molecule has 22 heavy (non-hydrogen) atoms. The summed E-state index contributed by atoms with van der Waals surface area (Å²) in [6.45, 7) is 4.01. The maximum atomic E-state index is 12.9. The highest BCUT2D eigenvalue weighted by molar-refractivity contribution is 7.85. The summed E-state index contributed by atoms with van der Waals surface area (Å²) in [4.78, 5) is 12.5. The standard InChI is InChI=1S/C17H24O4S/c1-3-21-16(18)12-17(19)11-5-4-6-15(17)22(20)14-9-7-13(2)8-10-14/h7-10,15,19H,3-6,11-12H2,1-2H3/t15-,17-,22-/m0/s1. The molecule has 0 radical (unpaired) electrons. The normalized spacial score (nSPS) is 26.4. The molecule has 122 valence electrons. The first-order valence-corrected chi connectivity index (χ1v) is 9.03. The van der Waals surface area contributed by atoms with E-state index in [1.54, 1.807) is 6.92 Å². The van der Waals surface area contributed by atoms with E-state index in [4.69, 9.17) is 4.74 Å². The molecule has 2 rings (SSSR count). The summed E-state index contributed by atoms with van der Waals surface area (Å²) in [5, 5.41) is 10.5. The number of carbonyl (C=O) groups excluding carboxylic acids is 1. The van der Waals surface area contributed by atoms with Crippen molar-refractivity contribution >= 4 is 16.8 Å². The van der Waals surface area contributed by atoms with Crippen LogP contribution in [0.3, 0.4) is 0 Å². The highest BCUT2D eigenvalue weighted by Gasteiger charge is 2.44. The number of hydrogen-bond acceptors (Lipinski definition) is 4. The van der Waals surface area contributed by atoms with Crippen molar-refractivity contribution in [1.82, 2.24) is 0 Å². The highest BCUT2D eigenvalue weighted by Crippen LogP contribution is 2.37. The quantitative estimate of drug-likeness (QED) is 0.846.